The molecule has 5 nitrogen and oxygen atoms in total. The molecule has 2 aromatic carbocycles. The van der Waals surface area contributed by atoms with Crippen LogP contribution in [0.4, 0.5) is 0 Å². The second-order valence-corrected chi connectivity index (χ2v) is 6.87. The number of carbonyl (C=O) groups excluding carboxylic acids is 1. The quantitative estimate of drug-likeness (QED) is 0.520. The smallest absolute Gasteiger partial charge is 0.251 e. The van der Waals surface area contributed by atoms with Gasteiger partial charge in [0.15, 0.2) is 0 Å². The molecular weight excluding hydrogens is 385 g/mol. The van der Waals surface area contributed by atoms with Crippen molar-refractivity contribution in [3.63, 3.8) is 0 Å². The normalized spacial score (nSPS) is 11.1. The van der Waals surface area contributed by atoms with Gasteiger partial charge in [0.05, 0.1) is 17.6 Å². The van der Waals surface area contributed by atoms with Gasteiger partial charge in [-0.3, -0.25) is 4.79 Å². The Labute approximate surface area is 165 Å². The summed E-state index contributed by atoms with van der Waals surface area (Å²) >= 11 is 11.9. The van der Waals surface area contributed by atoms with Gasteiger partial charge in [-0.2, -0.15) is 0 Å². The molecule has 0 unspecified atom stereocenters. The lowest BCUT2D eigenvalue weighted by atomic mass is 10.2. The first-order valence-corrected chi connectivity index (χ1v) is 9.02. The number of amides is 1. The summed E-state index contributed by atoms with van der Waals surface area (Å²) in [6, 6.07) is 16.4. The van der Waals surface area contributed by atoms with Crippen LogP contribution in [0, 0.1) is 0 Å². The molecule has 27 heavy (non-hydrogen) atoms. The summed E-state index contributed by atoms with van der Waals surface area (Å²) in [5, 5.41) is 3.92. The zero-order valence-corrected chi connectivity index (χ0v) is 15.9. The minimum absolute atomic E-state index is 0.196. The summed E-state index contributed by atoms with van der Waals surface area (Å²) in [5.74, 6) is 1.19. The highest BCUT2D eigenvalue weighted by atomic mass is 35.5. The van der Waals surface area contributed by atoms with E-state index in [4.69, 9.17) is 27.6 Å². The van der Waals surface area contributed by atoms with Crippen molar-refractivity contribution in [1.82, 2.24) is 14.9 Å². The van der Waals surface area contributed by atoms with Crippen molar-refractivity contribution >= 4 is 40.1 Å². The summed E-state index contributed by atoms with van der Waals surface area (Å²) in [5.41, 5.74) is 3.01. The predicted octanol–water partition coefficient (Wildman–Crippen LogP) is 5.07. The van der Waals surface area contributed by atoms with E-state index in [-0.39, 0.29) is 12.5 Å². The van der Waals surface area contributed by atoms with Crippen molar-refractivity contribution in [2.45, 2.75) is 6.54 Å². The number of nitrogens with zero attached hydrogens (tertiary/aromatic N) is 2. The minimum atomic E-state index is -0.196. The summed E-state index contributed by atoms with van der Waals surface area (Å²) in [7, 11) is 1.81. The molecule has 0 saturated heterocycles. The summed E-state index contributed by atoms with van der Waals surface area (Å²) in [4.78, 5) is 16.7. The molecule has 2 aromatic heterocycles. The molecule has 0 fully saturated rings. The van der Waals surface area contributed by atoms with Crippen molar-refractivity contribution in [3.8, 4) is 11.3 Å². The van der Waals surface area contributed by atoms with E-state index in [2.05, 4.69) is 10.3 Å². The molecule has 2 heterocycles. The topological polar surface area (TPSA) is 60.1 Å². The van der Waals surface area contributed by atoms with E-state index in [0.717, 1.165) is 22.4 Å². The highest BCUT2D eigenvalue weighted by molar-refractivity contribution is 6.30. The Morgan fingerprint density at radius 2 is 1.89 bits per heavy atom. The van der Waals surface area contributed by atoms with E-state index >= 15 is 0 Å². The largest absolute Gasteiger partial charge is 0.459 e. The van der Waals surface area contributed by atoms with Gasteiger partial charge in [-0.1, -0.05) is 11.6 Å². The van der Waals surface area contributed by atoms with Gasteiger partial charge in [0, 0.05) is 23.2 Å². The van der Waals surface area contributed by atoms with Gasteiger partial charge in [0.2, 0.25) is 5.28 Å². The number of fused-ring (bicyclic) bond motifs is 1. The number of halogens is 2. The summed E-state index contributed by atoms with van der Waals surface area (Å²) in [6.07, 6.45) is 0. The third-order valence-corrected chi connectivity index (χ3v) is 4.89. The van der Waals surface area contributed by atoms with E-state index in [1.807, 2.05) is 36.4 Å². The molecule has 0 spiro atoms. The van der Waals surface area contributed by atoms with Crippen LogP contribution >= 0.6 is 23.2 Å². The van der Waals surface area contributed by atoms with Gasteiger partial charge in [-0.25, -0.2) is 4.98 Å². The van der Waals surface area contributed by atoms with E-state index in [9.17, 15) is 4.79 Å². The third-order valence-electron chi connectivity index (χ3n) is 4.30. The Bertz CT molecular complexity index is 1130. The van der Waals surface area contributed by atoms with Crippen molar-refractivity contribution in [3.05, 3.63) is 76.2 Å². The summed E-state index contributed by atoms with van der Waals surface area (Å²) in [6.45, 7) is 0.288. The average molecular weight is 400 g/mol. The van der Waals surface area contributed by atoms with Crippen molar-refractivity contribution < 1.29 is 9.21 Å². The number of imidazole rings is 1. The van der Waals surface area contributed by atoms with E-state index < -0.39 is 0 Å². The fraction of sp³-hybridized carbons (Fsp3) is 0.100. The Balaban J connectivity index is 1.46. The molecule has 0 aliphatic carbocycles. The number of nitrogens with one attached hydrogen (secondary N) is 1. The number of furan rings is 1. The van der Waals surface area contributed by atoms with Gasteiger partial charge < -0.3 is 14.3 Å². The highest BCUT2D eigenvalue weighted by Crippen LogP contribution is 2.24. The maximum atomic E-state index is 12.5. The molecule has 4 aromatic rings. The van der Waals surface area contributed by atoms with Crippen LogP contribution in [0.25, 0.3) is 22.4 Å². The molecule has 7 heteroatoms. The van der Waals surface area contributed by atoms with Gasteiger partial charge in [0.25, 0.3) is 5.91 Å². The van der Waals surface area contributed by atoms with Crippen molar-refractivity contribution in [1.29, 1.82) is 0 Å². The first kappa shape index (κ1) is 17.6. The van der Waals surface area contributed by atoms with Crippen LogP contribution in [0.15, 0.2) is 59.0 Å². The lowest BCUT2D eigenvalue weighted by Crippen LogP contribution is -2.22. The first-order chi connectivity index (χ1) is 13.0. The Kier molecular flexibility index (Phi) is 4.64. The molecule has 0 radical (unpaired) electrons. The molecule has 0 aliphatic heterocycles. The van der Waals surface area contributed by atoms with Gasteiger partial charge in [-0.15, -0.1) is 0 Å². The maximum absolute atomic E-state index is 12.5. The molecular formula is C20H15Cl2N3O2. The fourth-order valence-electron chi connectivity index (χ4n) is 2.81. The molecule has 0 bridgehead atoms. The number of rotatable bonds is 4. The van der Waals surface area contributed by atoms with Crippen LogP contribution in [0.3, 0.4) is 0 Å². The SMILES string of the molecule is Cn1c(Cl)nc2ccc(C(=O)NCc3ccc(-c4ccc(Cl)cc4)o3)cc21. The number of aromatic nitrogens is 2. The fourth-order valence-corrected chi connectivity index (χ4v) is 3.12. The van der Waals surface area contributed by atoms with Crippen molar-refractivity contribution in [2.75, 3.05) is 0 Å². The zero-order chi connectivity index (χ0) is 19.0. The van der Waals surface area contributed by atoms with E-state index in [1.54, 1.807) is 29.8 Å². The Morgan fingerprint density at radius 1 is 1.11 bits per heavy atom. The molecule has 0 aliphatic rings. The average Bonchev–Trinajstić information content (AvgIpc) is 3.25. The highest BCUT2D eigenvalue weighted by Gasteiger charge is 2.12. The number of hydrogen-bond acceptors (Lipinski definition) is 3. The molecule has 1 amide bonds. The van der Waals surface area contributed by atoms with Crippen LogP contribution in [0.5, 0.6) is 0 Å². The van der Waals surface area contributed by atoms with E-state index in [1.165, 1.54) is 0 Å². The monoisotopic (exact) mass is 399 g/mol. The van der Waals surface area contributed by atoms with Crippen LogP contribution in [-0.4, -0.2) is 15.5 Å². The van der Waals surface area contributed by atoms with Crippen LogP contribution < -0.4 is 5.32 Å². The second kappa shape index (κ2) is 7.10. The lowest BCUT2D eigenvalue weighted by Gasteiger charge is -2.04. The molecule has 0 atom stereocenters. The van der Waals surface area contributed by atoms with Gasteiger partial charge >= 0.3 is 0 Å². The standard InChI is InChI=1S/C20H15Cl2N3O2/c1-25-17-10-13(4-8-16(17)24-20(25)22)19(26)23-11-15-7-9-18(27-15)12-2-5-14(21)6-3-12/h2-10H,11H2,1H3,(H,23,26). The van der Waals surface area contributed by atoms with E-state index in [0.29, 0.717) is 21.6 Å². The zero-order valence-electron chi connectivity index (χ0n) is 14.4. The Morgan fingerprint density at radius 3 is 2.67 bits per heavy atom. The van der Waals surface area contributed by atoms with Crippen LogP contribution in [0.1, 0.15) is 16.1 Å². The van der Waals surface area contributed by atoms with Crippen LogP contribution in [0.2, 0.25) is 10.3 Å². The number of benzene rings is 2. The second-order valence-electron chi connectivity index (χ2n) is 6.10. The lowest BCUT2D eigenvalue weighted by molar-refractivity contribution is 0.0948. The molecule has 1 N–H and O–H groups in total. The van der Waals surface area contributed by atoms with Crippen molar-refractivity contribution in [2.24, 2.45) is 7.05 Å². The number of hydrogen-bond donors (Lipinski definition) is 1. The van der Waals surface area contributed by atoms with Gasteiger partial charge in [0.1, 0.15) is 11.5 Å². The predicted molar refractivity (Wildman–Crippen MR) is 106 cm³/mol. The minimum Gasteiger partial charge on any atom is -0.459 e. The van der Waals surface area contributed by atoms with Gasteiger partial charge in [-0.05, 0) is 66.2 Å². The number of carbonyl (C=O) groups is 1. The molecule has 4 rings (SSSR count). The Hall–Kier alpha value is -2.76. The summed E-state index contributed by atoms with van der Waals surface area (Å²) < 4.78 is 7.53. The first-order valence-electron chi connectivity index (χ1n) is 8.26. The molecule has 136 valence electrons. The molecule has 0 saturated carbocycles. The third kappa shape index (κ3) is 3.56. The number of aryl methyl sites for hydroxylation is 1. The van der Waals surface area contributed by atoms with Crippen LogP contribution in [-0.2, 0) is 13.6 Å². The maximum Gasteiger partial charge on any atom is 0.251 e.